The van der Waals surface area contributed by atoms with Crippen molar-refractivity contribution < 1.29 is 4.74 Å². The van der Waals surface area contributed by atoms with Crippen molar-refractivity contribution in [1.29, 1.82) is 0 Å². The van der Waals surface area contributed by atoms with Crippen molar-refractivity contribution in [2.75, 3.05) is 7.11 Å². The van der Waals surface area contributed by atoms with E-state index in [1.165, 1.54) is 0 Å². The molecule has 0 radical (unpaired) electrons. The van der Waals surface area contributed by atoms with Crippen LogP contribution in [0.1, 0.15) is 29.9 Å². The highest BCUT2D eigenvalue weighted by atomic mass is 16.5. The van der Waals surface area contributed by atoms with Crippen LogP contribution in [-0.4, -0.2) is 23.3 Å². The molecule has 2 rings (SSSR count). The van der Waals surface area contributed by atoms with Crippen molar-refractivity contribution in [2.24, 2.45) is 4.99 Å². The van der Waals surface area contributed by atoms with E-state index in [4.69, 9.17) is 4.74 Å². The first kappa shape index (κ1) is 14.2. The lowest BCUT2D eigenvalue weighted by Gasteiger charge is -2.11. The van der Waals surface area contributed by atoms with Gasteiger partial charge in [0.15, 0.2) is 0 Å². The highest BCUT2D eigenvalue weighted by Gasteiger charge is 2.08. The lowest BCUT2D eigenvalue weighted by atomic mass is 10.1. The molecular formula is C16H19N3O. The summed E-state index contributed by atoms with van der Waals surface area (Å²) in [6.45, 7) is 4.02. The molecule has 0 aliphatic heterocycles. The second-order valence-electron chi connectivity index (χ2n) is 4.63. The Balaban J connectivity index is 2.02. The van der Waals surface area contributed by atoms with Gasteiger partial charge in [0.05, 0.1) is 13.2 Å². The van der Waals surface area contributed by atoms with Crippen molar-refractivity contribution in [3.8, 4) is 5.75 Å². The van der Waals surface area contributed by atoms with Crippen LogP contribution in [0.5, 0.6) is 5.75 Å². The summed E-state index contributed by atoms with van der Waals surface area (Å²) < 4.78 is 5.35. The van der Waals surface area contributed by atoms with Gasteiger partial charge in [0.2, 0.25) is 0 Å². The molecule has 1 heterocycles. The Labute approximate surface area is 119 Å². The van der Waals surface area contributed by atoms with E-state index in [1.807, 2.05) is 56.7 Å². The molecule has 0 N–H and O–H groups in total. The van der Waals surface area contributed by atoms with E-state index in [-0.39, 0.29) is 6.04 Å². The van der Waals surface area contributed by atoms with Crippen LogP contribution in [0.25, 0.3) is 0 Å². The van der Waals surface area contributed by atoms with Crippen LogP contribution < -0.4 is 4.74 Å². The average Bonchev–Trinajstić information content (AvgIpc) is 2.49. The minimum Gasteiger partial charge on any atom is -0.496 e. The maximum atomic E-state index is 5.35. The Bertz CT molecular complexity index is 579. The molecule has 0 aliphatic rings. The van der Waals surface area contributed by atoms with Crippen LogP contribution >= 0.6 is 0 Å². The fourth-order valence-electron chi connectivity index (χ4n) is 1.91. The minimum absolute atomic E-state index is 0.0524. The molecule has 0 saturated heterocycles. The van der Waals surface area contributed by atoms with Crippen molar-refractivity contribution in [2.45, 2.75) is 26.3 Å². The third-order valence-electron chi connectivity index (χ3n) is 3.03. The number of methoxy groups -OCH3 is 1. The number of nitrogens with zero attached hydrogens (tertiary/aromatic N) is 3. The van der Waals surface area contributed by atoms with Gasteiger partial charge in [-0.3, -0.25) is 4.99 Å². The summed E-state index contributed by atoms with van der Waals surface area (Å²) in [5.74, 6) is 1.65. The summed E-state index contributed by atoms with van der Waals surface area (Å²) in [7, 11) is 1.68. The van der Waals surface area contributed by atoms with Gasteiger partial charge in [0.25, 0.3) is 0 Å². The predicted octanol–water partition coefficient (Wildman–Crippen LogP) is 3.17. The molecule has 1 atom stereocenters. The van der Waals surface area contributed by atoms with E-state index in [0.29, 0.717) is 6.42 Å². The van der Waals surface area contributed by atoms with Gasteiger partial charge in [-0.2, -0.15) is 0 Å². The number of ether oxygens (including phenoxy) is 1. The van der Waals surface area contributed by atoms with E-state index in [1.54, 1.807) is 7.11 Å². The second kappa shape index (κ2) is 6.80. The number of rotatable bonds is 5. The normalized spacial score (nSPS) is 12.6. The zero-order valence-electron chi connectivity index (χ0n) is 12.1. The lowest BCUT2D eigenvalue weighted by molar-refractivity contribution is 0.407. The first-order chi connectivity index (χ1) is 9.70. The van der Waals surface area contributed by atoms with Crippen LogP contribution in [-0.2, 0) is 6.42 Å². The third kappa shape index (κ3) is 3.63. The summed E-state index contributed by atoms with van der Waals surface area (Å²) >= 11 is 0. The molecule has 1 aromatic carbocycles. The second-order valence-corrected chi connectivity index (χ2v) is 4.63. The highest BCUT2D eigenvalue weighted by Crippen LogP contribution is 2.26. The minimum atomic E-state index is 0.0524. The number of aryl methyl sites for hydroxylation is 1. The summed E-state index contributed by atoms with van der Waals surface area (Å²) in [5.41, 5.74) is 2.14. The smallest absolute Gasteiger partial charge is 0.133 e. The molecular weight excluding hydrogens is 250 g/mol. The lowest BCUT2D eigenvalue weighted by Crippen LogP contribution is -1.98. The van der Waals surface area contributed by atoms with Crippen molar-refractivity contribution >= 4 is 6.21 Å². The number of benzene rings is 1. The van der Waals surface area contributed by atoms with Gasteiger partial charge < -0.3 is 4.74 Å². The van der Waals surface area contributed by atoms with Gasteiger partial charge in [0.1, 0.15) is 11.6 Å². The number of aromatic nitrogens is 2. The Kier molecular flexibility index (Phi) is 4.82. The fraction of sp³-hybridized carbons (Fsp3) is 0.312. The van der Waals surface area contributed by atoms with Gasteiger partial charge in [-0.1, -0.05) is 18.2 Å². The standard InChI is InChI=1S/C16H19N3O/c1-12-10-18-16(19-11-12)8-9-17-13(2)14-6-4-5-7-15(14)20-3/h4-7,9-11,13H,8H2,1-3H3. The quantitative estimate of drug-likeness (QED) is 0.783. The first-order valence-electron chi connectivity index (χ1n) is 6.62. The zero-order chi connectivity index (χ0) is 14.4. The van der Waals surface area contributed by atoms with E-state index < -0.39 is 0 Å². The van der Waals surface area contributed by atoms with Crippen LogP contribution in [0, 0.1) is 6.92 Å². The zero-order valence-corrected chi connectivity index (χ0v) is 12.1. The molecule has 2 aromatic rings. The van der Waals surface area contributed by atoms with E-state index >= 15 is 0 Å². The fourth-order valence-corrected chi connectivity index (χ4v) is 1.91. The topological polar surface area (TPSA) is 47.4 Å². The van der Waals surface area contributed by atoms with E-state index in [9.17, 15) is 0 Å². The molecule has 0 fully saturated rings. The number of aliphatic imine (C=N–C) groups is 1. The number of hydrogen-bond acceptors (Lipinski definition) is 4. The molecule has 0 amide bonds. The van der Waals surface area contributed by atoms with Gasteiger partial charge in [-0.05, 0) is 25.5 Å². The summed E-state index contributed by atoms with van der Waals surface area (Å²) in [4.78, 5) is 13.0. The summed E-state index contributed by atoms with van der Waals surface area (Å²) in [6.07, 6.45) is 6.14. The van der Waals surface area contributed by atoms with Crippen LogP contribution in [0.15, 0.2) is 41.7 Å². The van der Waals surface area contributed by atoms with Crippen LogP contribution in [0.3, 0.4) is 0 Å². The van der Waals surface area contributed by atoms with Gasteiger partial charge in [0, 0.05) is 30.6 Å². The molecule has 0 aliphatic carbocycles. The van der Waals surface area contributed by atoms with Crippen molar-refractivity contribution in [3.63, 3.8) is 0 Å². The molecule has 0 bridgehead atoms. The van der Waals surface area contributed by atoms with Crippen LogP contribution in [0.2, 0.25) is 0 Å². The molecule has 20 heavy (non-hydrogen) atoms. The Morgan fingerprint density at radius 3 is 2.65 bits per heavy atom. The predicted molar refractivity (Wildman–Crippen MR) is 80.4 cm³/mol. The van der Waals surface area contributed by atoms with E-state index in [0.717, 1.165) is 22.7 Å². The van der Waals surface area contributed by atoms with Gasteiger partial charge in [-0.15, -0.1) is 0 Å². The number of hydrogen-bond donors (Lipinski definition) is 0. The molecule has 1 aromatic heterocycles. The monoisotopic (exact) mass is 269 g/mol. The summed E-state index contributed by atoms with van der Waals surface area (Å²) in [5, 5.41) is 0. The average molecular weight is 269 g/mol. The maximum absolute atomic E-state index is 5.35. The van der Waals surface area contributed by atoms with Crippen molar-refractivity contribution in [1.82, 2.24) is 9.97 Å². The van der Waals surface area contributed by atoms with E-state index in [2.05, 4.69) is 15.0 Å². The maximum Gasteiger partial charge on any atom is 0.133 e. The molecule has 4 nitrogen and oxygen atoms in total. The summed E-state index contributed by atoms with van der Waals surface area (Å²) in [6, 6.07) is 7.98. The Hall–Kier alpha value is -2.23. The van der Waals surface area contributed by atoms with Gasteiger partial charge in [-0.25, -0.2) is 9.97 Å². The van der Waals surface area contributed by atoms with Crippen LogP contribution in [0.4, 0.5) is 0 Å². The molecule has 0 saturated carbocycles. The Morgan fingerprint density at radius 1 is 1.25 bits per heavy atom. The Morgan fingerprint density at radius 2 is 1.95 bits per heavy atom. The molecule has 4 heteroatoms. The van der Waals surface area contributed by atoms with Crippen molar-refractivity contribution in [3.05, 3.63) is 53.6 Å². The molecule has 0 spiro atoms. The number of para-hydroxylation sites is 1. The third-order valence-corrected chi connectivity index (χ3v) is 3.03. The molecule has 104 valence electrons. The van der Waals surface area contributed by atoms with Gasteiger partial charge >= 0.3 is 0 Å². The molecule has 1 unspecified atom stereocenters. The highest BCUT2D eigenvalue weighted by molar-refractivity contribution is 5.60. The first-order valence-corrected chi connectivity index (χ1v) is 6.62. The SMILES string of the molecule is COc1ccccc1C(C)N=CCc1ncc(C)cn1. The largest absolute Gasteiger partial charge is 0.496 e.